The second-order valence-electron chi connectivity index (χ2n) is 1.54. The lowest BCUT2D eigenvalue weighted by molar-refractivity contribution is 1.25. The molecule has 3 heteroatoms. The Morgan fingerprint density at radius 1 is 1.25 bits per heavy atom. The van der Waals surface area contributed by atoms with Gasteiger partial charge in [-0.05, 0) is 6.92 Å². The lowest BCUT2D eigenvalue weighted by atomic mass is 10.6. The number of nitrogens with one attached hydrogen (secondary N) is 1. The van der Waals surface area contributed by atoms with Crippen LogP contribution in [0.1, 0.15) is 33.4 Å². The summed E-state index contributed by atoms with van der Waals surface area (Å²) in [5, 5.41) is 5.96. The molecule has 0 radical (unpaired) electrons. The van der Waals surface area contributed by atoms with Gasteiger partial charge in [0.25, 0.3) is 0 Å². The van der Waals surface area contributed by atoms with Gasteiger partial charge in [-0.25, -0.2) is 4.98 Å². The fraction of sp³-hybridized carbons (Fsp3) is 0.667. The van der Waals surface area contributed by atoms with Crippen molar-refractivity contribution in [3.05, 3.63) is 11.1 Å². The number of anilines is 1. The molecule has 72 valence electrons. The minimum absolute atomic E-state index is 0.988. The first kappa shape index (κ1) is 14.0. The van der Waals surface area contributed by atoms with Crippen molar-refractivity contribution in [1.29, 1.82) is 0 Å². The maximum Gasteiger partial charge on any atom is 0.182 e. The second-order valence-corrected chi connectivity index (χ2v) is 2.40. The van der Waals surface area contributed by atoms with Gasteiger partial charge in [-0.15, -0.1) is 11.3 Å². The Balaban J connectivity index is 0. The van der Waals surface area contributed by atoms with Gasteiger partial charge < -0.3 is 5.32 Å². The molecule has 0 aliphatic carbocycles. The van der Waals surface area contributed by atoms with Crippen molar-refractivity contribution >= 4 is 16.5 Å². The maximum atomic E-state index is 4.14. The van der Waals surface area contributed by atoms with Crippen LogP contribution in [0.4, 0.5) is 5.13 Å². The molecule has 0 atom stereocenters. The molecule has 0 fully saturated rings. The quantitative estimate of drug-likeness (QED) is 0.729. The van der Waals surface area contributed by atoms with Crippen molar-refractivity contribution in [2.75, 3.05) is 12.4 Å². The molecule has 0 unspecified atom stereocenters. The molecule has 0 aliphatic heterocycles. The molecule has 1 heterocycles. The van der Waals surface area contributed by atoms with Crippen LogP contribution in [0.25, 0.3) is 0 Å². The van der Waals surface area contributed by atoms with Crippen molar-refractivity contribution < 1.29 is 0 Å². The van der Waals surface area contributed by atoms with E-state index >= 15 is 0 Å². The summed E-state index contributed by atoms with van der Waals surface area (Å²) in [6.45, 7) is 9.98. The van der Waals surface area contributed by atoms with Crippen LogP contribution in [0, 0.1) is 6.92 Å². The Labute approximate surface area is 80.0 Å². The third kappa shape index (κ3) is 6.16. The fourth-order valence-corrected chi connectivity index (χ4v) is 1.12. The summed E-state index contributed by atoms with van der Waals surface area (Å²) in [5.41, 5.74) is 1.08. The number of thiazole rings is 1. The van der Waals surface area contributed by atoms with Gasteiger partial charge in [0.1, 0.15) is 0 Å². The van der Waals surface area contributed by atoms with E-state index in [1.165, 1.54) is 0 Å². The van der Waals surface area contributed by atoms with Gasteiger partial charge in [-0.1, -0.05) is 27.7 Å². The number of rotatable bonds is 1. The molecular weight excluding hydrogens is 168 g/mol. The summed E-state index contributed by atoms with van der Waals surface area (Å²) >= 11 is 1.63. The minimum atomic E-state index is 0.988. The van der Waals surface area contributed by atoms with E-state index in [2.05, 4.69) is 10.3 Å². The maximum absolute atomic E-state index is 4.14. The zero-order chi connectivity index (χ0) is 9.98. The van der Waals surface area contributed by atoms with Crippen LogP contribution in [0.3, 0.4) is 0 Å². The molecule has 12 heavy (non-hydrogen) atoms. The number of aromatic nitrogens is 1. The summed E-state index contributed by atoms with van der Waals surface area (Å²) in [5.74, 6) is 0. The summed E-state index contributed by atoms with van der Waals surface area (Å²) < 4.78 is 0. The molecule has 0 aromatic carbocycles. The van der Waals surface area contributed by atoms with Crippen LogP contribution in [0.5, 0.6) is 0 Å². The highest BCUT2D eigenvalue weighted by molar-refractivity contribution is 7.13. The zero-order valence-corrected chi connectivity index (χ0v) is 9.75. The first-order valence-corrected chi connectivity index (χ1v) is 5.31. The average Bonchev–Trinajstić information content (AvgIpc) is 2.58. The van der Waals surface area contributed by atoms with E-state index in [1.54, 1.807) is 11.3 Å². The van der Waals surface area contributed by atoms with Gasteiger partial charge in [-0.3, -0.25) is 0 Å². The smallest absolute Gasteiger partial charge is 0.182 e. The number of hydrogen-bond acceptors (Lipinski definition) is 3. The molecule has 0 bridgehead atoms. The molecule has 0 amide bonds. The summed E-state index contributed by atoms with van der Waals surface area (Å²) in [7, 11) is 1.87. The van der Waals surface area contributed by atoms with Gasteiger partial charge in [0.05, 0.1) is 5.69 Å². The highest BCUT2D eigenvalue weighted by Crippen LogP contribution is 2.12. The Morgan fingerprint density at radius 2 is 1.75 bits per heavy atom. The van der Waals surface area contributed by atoms with Crippen molar-refractivity contribution in [1.82, 2.24) is 4.98 Å². The lowest BCUT2D eigenvalue weighted by Crippen LogP contribution is -1.84. The SMILES string of the molecule is CC.CC.CNc1nc(C)cs1. The molecule has 0 saturated heterocycles. The molecule has 2 nitrogen and oxygen atoms in total. The van der Waals surface area contributed by atoms with Gasteiger partial charge in [0.15, 0.2) is 5.13 Å². The predicted molar refractivity (Wildman–Crippen MR) is 59.1 cm³/mol. The van der Waals surface area contributed by atoms with Crippen LogP contribution >= 0.6 is 11.3 Å². The zero-order valence-electron chi connectivity index (χ0n) is 8.93. The summed E-state index contributed by atoms with van der Waals surface area (Å²) in [6, 6.07) is 0. The predicted octanol–water partition coefficient (Wildman–Crippen LogP) is 3.55. The van der Waals surface area contributed by atoms with Crippen molar-refractivity contribution in [3.8, 4) is 0 Å². The van der Waals surface area contributed by atoms with E-state index in [0.29, 0.717) is 0 Å². The highest BCUT2D eigenvalue weighted by Gasteiger charge is 1.90. The van der Waals surface area contributed by atoms with E-state index in [-0.39, 0.29) is 0 Å². The van der Waals surface area contributed by atoms with Crippen molar-refractivity contribution in [2.45, 2.75) is 34.6 Å². The molecule has 0 saturated carbocycles. The fourth-order valence-electron chi connectivity index (χ4n) is 0.469. The molecular formula is C9H20N2S. The van der Waals surface area contributed by atoms with E-state index in [9.17, 15) is 0 Å². The third-order valence-electron chi connectivity index (χ3n) is 0.833. The largest absolute Gasteiger partial charge is 0.365 e. The number of aryl methyl sites for hydroxylation is 1. The van der Waals surface area contributed by atoms with Crippen LogP contribution in [-0.2, 0) is 0 Å². The van der Waals surface area contributed by atoms with E-state index in [4.69, 9.17) is 0 Å². The topological polar surface area (TPSA) is 24.9 Å². The lowest BCUT2D eigenvalue weighted by Gasteiger charge is -1.85. The highest BCUT2D eigenvalue weighted by atomic mass is 32.1. The molecule has 1 rings (SSSR count). The third-order valence-corrected chi connectivity index (χ3v) is 1.81. The van der Waals surface area contributed by atoms with Crippen LogP contribution in [-0.4, -0.2) is 12.0 Å². The molecule has 0 spiro atoms. The standard InChI is InChI=1S/C5H8N2S.2C2H6/c1-4-3-8-5(6-2)7-4;2*1-2/h3H,1-2H3,(H,6,7);2*1-2H3. The minimum Gasteiger partial charge on any atom is -0.365 e. The molecule has 1 N–H and O–H groups in total. The van der Waals surface area contributed by atoms with Crippen molar-refractivity contribution in [2.24, 2.45) is 0 Å². The number of hydrogen-bond donors (Lipinski definition) is 1. The van der Waals surface area contributed by atoms with E-state index in [0.717, 1.165) is 10.8 Å². The number of nitrogens with zero attached hydrogens (tertiary/aromatic N) is 1. The van der Waals surface area contributed by atoms with Crippen LogP contribution < -0.4 is 5.32 Å². The van der Waals surface area contributed by atoms with Gasteiger partial charge in [-0.2, -0.15) is 0 Å². The first-order chi connectivity index (χ1) is 5.83. The Bertz CT molecular complexity index is 173. The molecule has 0 aliphatic rings. The Hall–Kier alpha value is -0.570. The van der Waals surface area contributed by atoms with Gasteiger partial charge in [0.2, 0.25) is 0 Å². The second kappa shape index (κ2) is 10.4. The summed E-state index contributed by atoms with van der Waals surface area (Å²) in [6.07, 6.45) is 0. The van der Waals surface area contributed by atoms with Gasteiger partial charge in [0, 0.05) is 12.4 Å². The average molecular weight is 188 g/mol. The first-order valence-electron chi connectivity index (χ1n) is 4.43. The Kier molecular flexibility index (Phi) is 12.2. The van der Waals surface area contributed by atoms with E-state index in [1.807, 2.05) is 47.0 Å². The van der Waals surface area contributed by atoms with Gasteiger partial charge >= 0.3 is 0 Å². The van der Waals surface area contributed by atoms with E-state index < -0.39 is 0 Å². The summed E-state index contributed by atoms with van der Waals surface area (Å²) in [4.78, 5) is 4.14. The monoisotopic (exact) mass is 188 g/mol. The normalized spacial score (nSPS) is 7.17. The van der Waals surface area contributed by atoms with Crippen molar-refractivity contribution in [3.63, 3.8) is 0 Å². The molecule has 1 aromatic heterocycles. The van der Waals surface area contributed by atoms with Crippen LogP contribution in [0.2, 0.25) is 0 Å². The Morgan fingerprint density at radius 3 is 1.92 bits per heavy atom. The molecule has 1 aromatic rings. The van der Waals surface area contributed by atoms with Crippen LogP contribution in [0.15, 0.2) is 5.38 Å².